The van der Waals surface area contributed by atoms with Crippen molar-refractivity contribution >= 4 is 20.9 Å². The second-order valence-corrected chi connectivity index (χ2v) is 11.6. The highest BCUT2D eigenvalue weighted by molar-refractivity contribution is 7.91. The third-order valence-corrected chi connectivity index (χ3v) is 7.72. The number of nitrogens with zero attached hydrogens (tertiary/aromatic N) is 3. The molecule has 0 saturated carbocycles. The molecule has 1 fully saturated rings. The van der Waals surface area contributed by atoms with Crippen molar-refractivity contribution in [3.05, 3.63) is 47.9 Å². The van der Waals surface area contributed by atoms with E-state index in [1.807, 2.05) is 6.07 Å². The molecule has 4 rings (SSSR count). The molecule has 3 aromatic rings. The van der Waals surface area contributed by atoms with E-state index in [9.17, 15) is 13.5 Å². The van der Waals surface area contributed by atoms with E-state index in [2.05, 4.69) is 35.1 Å². The third kappa shape index (κ3) is 4.44. The second kappa shape index (κ2) is 8.57. The number of hydrogen-bond acceptors (Lipinski definition) is 5. The van der Waals surface area contributed by atoms with Crippen LogP contribution in [0.15, 0.2) is 46.5 Å². The molecule has 1 saturated heterocycles. The zero-order chi connectivity index (χ0) is 23.1. The fourth-order valence-electron chi connectivity index (χ4n) is 4.20. The number of sulfone groups is 1. The van der Waals surface area contributed by atoms with Crippen LogP contribution in [-0.4, -0.2) is 46.0 Å². The summed E-state index contributed by atoms with van der Waals surface area (Å²) in [6, 6.07) is 8.18. The van der Waals surface area contributed by atoms with E-state index in [1.54, 1.807) is 25.1 Å². The Hall–Kier alpha value is -2.29. The first-order chi connectivity index (χ1) is 15.1. The summed E-state index contributed by atoms with van der Waals surface area (Å²) in [4.78, 5) is 9.13. The lowest BCUT2D eigenvalue weighted by Crippen LogP contribution is -2.26. The number of aliphatic hydroxyl groups is 3. The molecule has 0 bridgehead atoms. The van der Waals surface area contributed by atoms with E-state index in [4.69, 9.17) is 4.98 Å². The summed E-state index contributed by atoms with van der Waals surface area (Å²) in [5.74, 6) is 1.51. The van der Waals surface area contributed by atoms with Crippen LogP contribution < -0.4 is 0 Å². The Bertz CT molecular complexity index is 1200. The lowest BCUT2D eigenvalue weighted by molar-refractivity contribution is -0.0810. The van der Waals surface area contributed by atoms with Crippen molar-refractivity contribution in [3.63, 3.8) is 0 Å². The first-order valence-corrected chi connectivity index (χ1v) is 12.6. The van der Waals surface area contributed by atoms with Crippen molar-refractivity contribution in [2.75, 3.05) is 13.2 Å². The summed E-state index contributed by atoms with van der Waals surface area (Å²) in [6.07, 6.45) is 2.85. The third-order valence-electron chi connectivity index (χ3n) is 6.05. The number of rotatable bonds is 5. The molecule has 1 aliphatic heterocycles. The maximum Gasteiger partial charge on any atom is 0.223 e. The SMILES string of the molecule is CC(O)c1ccc(S(=O)(=O)c2ccc3c(c2)nc(C(C)(C)C)n3CC2CC[OH+]CC2)nc1. The monoisotopic (exact) mass is 458 g/mol. The standard InChI is InChI=1S/C24H31N3O4S/c1-16(28)18-5-8-22(25-14-18)32(29,30)19-6-7-21-20(13-19)26-23(24(2,3)4)27(21)15-17-9-11-31-12-10-17/h5-8,13-14,16-17,28H,9-12,15H2,1-4H3/p+1. The van der Waals surface area contributed by atoms with Crippen LogP contribution in [0.1, 0.15) is 58.0 Å². The minimum Gasteiger partial charge on any atom is -0.434 e. The molecule has 1 unspecified atom stereocenters. The minimum atomic E-state index is -3.79. The summed E-state index contributed by atoms with van der Waals surface area (Å²) < 4.78 is 33.1. The topological polar surface area (TPSA) is 97.9 Å². The molecule has 0 spiro atoms. The minimum absolute atomic E-state index is 0.0392. The van der Waals surface area contributed by atoms with Crippen LogP contribution in [0, 0.1) is 5.92 Å². The smallest absolute Gasteiger partial charge is 0.223 e. The summed E-state index contributed by atoms with van der Waals surface area (Å²) in [6.45, 7) is 10.7. The quantitative estimate of drug-likeness (QED) is 0.590. The maximum atomic E-state index is 13.2. The van der Waals surface area contributed by atoms with Gasteiger partial charge in [0.25, 0.3) is 0 Å². The van der Waals surface area contributed by atoms with Crippen LogP contribution in [0.25, 0.3) is 11.0 Å². The molecule has 0 radical (unpaired) electrons. The Labute approximate surface area is 189 Å². The highest BCUT2D eigenvalue weighted by Gasteiger charge is 2.27. The Morgan fingerprint density at radius 1 is 1.19 bits per heavy atom. The summed E-state index contributed by atoms with van der Waals surface area (Å²) in [5, 5.41) is 9.62. The summed E-state index contributed by atoms with van der Waals surface area (Å²) >= 11 is 0. The lowest BCUT2D eigenvalue weighted by Gasteiger charge is -2.25. The fraction of sp³-hybridized carbons (Fsp3) is 0.500. The van der Waals surface area contributed by atoms with Crippen molar-refractivity contribution in [2.45, 2.75) is 68.5 Å². The molecular formula is C24H32N3O4S+. The van der Waals surface area contributed by atoms with Crippen molar-refractivity contribution in [1.82, 2.24) is 14.5 Å². The molecule has 7 nitrogen and oxygen atoms in total. The summed E-state index contributed by atoms with van der Waals surface area (Å²) in [7, 11) is -3.79. The molecule has 0 amide bonds. The van der Waals surface area contributed by atoms with Gasteiger partial charge in [0.2, 0.25) is 9.84 Å². The van der Waals surface area contributed by atoms with Gasteiger partial charge in [0.15, 0.2) is 5.03 Å². The Morgan fingerprint density at radius 3 is 2.50 bits per heavy atom. The van der Waals surface area contributed by atoms with Gasteiger partial charge < -0.3 is 14.4 Å². The Morgan fingerprint density at radius 2 is 1.91 bits per heavy atom. The number of ether oxygens (including phenoxy) is 1. The van der Waals surface area contributed by atoms with Gasteiger partial charge in [-0.1, -0.05) is 26.8 Å². The van der Waals surface area contributed by atoms with Gasteiger partial charge in [-0.05, 0) is 42.7 Å². The number of hydrogen-bond donors (Lipinski definition) is 1. The molecule has 32 heavy (non-hydrogen) atoms. The number of pyridine rings is 1. The van der Waals surface area contributed by atoms with E-state index < -0.39 is 15.9 Å². The van der Waals surface area contributed by atoms with Gasteiger partial charge in [-0.2, -0.15) is 0 Å². The van der Waals surface area contributed by atoms with Crippen LogP contribution in [0.3, 0.4) is 0 Å². The number of imidazole rings is 1. The molecule has 3 heterocycles. The highest BCUT2D eigenvalue weighted by Crippen LogP contribution is 2.31. The molecule has 1 aliphatic rings. The van der Waals surface area contributed by atoms with E-state index >= 15 is 0 Å². The van der Waals surface area contributed by atoms with Crippen molar-refractivity contribution < 1.29 is 18.3 Å². The highest BCUT2D eigenvalue weighted by atomic mass is 32.2. The van der Waals surface area contributed by atoms with Gasteiger partial charge in [-0.3, -0.25) is 0 Å². The van der Waals surface area contributed by atoms with Gasteiger partial charge in [0, 0.05) is 31.0 Å². The van der Waals surface area contributed by atoms with Gasteiger partial charge in [0.05, 0.1) is 22.0 Å². The van der Waals surface area contributed by atoms with Crippen LogP contribution in [0.5, 0.6) is 0 Å². The van der Waals surface area contributed by atoms with Crippen LogP contribution in [-0.2, 0) is 21.8 Å². The van der Waals surface area contributed by atoms with Crippen molar-refractivity contribution in [1.29, 1.82) is 0 Å². The first-order valence-electron chi connectivity index (χ1n) is 11.1. The van der Waals surface area contributed by atoms with Gasteiger partial charge in [-0.25, -0.2) is 18.4 Å². The molecule has 2 N–H and O–H groups in total. The number of benzene rings is 1. The molecule has 172 valence electrons. The molecule has 8 heteroatoms. The van der Waals surface area contributed by atoms with Gasteiger partial charge in [0.1, 0.15) is 19.0 Å². The van der Waals surface area contributed by atoms with E-state index in [-0.39, 0.29) is 15.3 Å². The first kappa shape index (κ1) is 22.9. The Balaban J connectivity index is 1.75. The Kier molecular flexibility index (Phi) is 6.13. The molecule has 1 aromatic carbocycles. The van der Waals surface area contributed by atoms with Gasteiger partial charge >= 0.3 is 0 Å². The zero-order valence-electron chi connectivity index (χ0n) is 19.1. The predicted molar refractivity (Wildman–Crippen MR) is 123 cm³/mol. The molecular weight excluding hydrogens is 426 g/mol. The predicted octanol–water partition coefficient (Wildman–Crippen LogP) is 3.55. The van der Waals surface area contributed by atoms with Gasteiger partial charge in [-0.15, -0.1) is 0 Å². The van der Waals surface area contributed by atoms with E-state index in [0.717, 1.165) is 43.9 Å². The van der Waals surface area contributed by atoms with E-state index in [1.165, 1.54) is 12.3 Å². The zero-order valence-corrected chi connectivity index (χ0v) is 19.9. The van der Waals surface area contributed by atoms with E-state index in [0.29, 0.717) is 17.0 Å². The largest absolute Gasteiger partial charge is 0.434 e. The second-order valence-electron chi connectivity index (χ2n) is 9.67. The number of aromatic nitrogens is 3. The number of aliphatic hydroxyl groups excluding tert-OH is 1. The molecule has 2 aromatic heterocycles. The normalized spacial score (nSPS) is 17.0. The van der Waals surface area contributed by atoms with Crippen LogP contribution in [0.4, 0.5) is 0 Å². The number of fused-ring (bicyclic) bond motifs is 1. The summed E-state index contributed by atoms with van der Waals surface area (Å²) in [5.41, 5.74) is 2.03. The maximum absolute atomic E-state index is 13.2. The molecule has 0 aliphatic carbocycles. The molecule has 1 atom stereocenters. The fourth-order valence-corrected chi connectivity index (χ4v) is 5.39. The van der Waals surface area contributed by atoms with Crippen LogP contribution >= 0.6 is 0 Å². The average molecular weight is 459 g/mol. The van der Waals surface area contributed by atoms with Crippen molar-refractivity contribution in [2.24, 2.45) is 5.92 Å². The van der Waals surface area contributed by atoms with Crippen molar-refractivity contribution in [3.8, 4) is 0 Å². The lowest BCUT2D eigenvalue weighted by atomic mass is 9.94. The van der Waals surface area contributed by atoms with Crippen LogP contribution in [0.2, 0.25) is 0 Å². The average Bonchev–Trinajstić information content (AvgIpc) is 3.13.